The summed E-state index contributed by atoms with van der Waals surface area (Å²) in [4.78, 5) is 58.5. The first-order chi connectivity index (χ1) is 23.2. The standard InChI is InChI=1S/C14H12N6O2S.C13H12N6OS.CH3F/c21-7-10-17-13-11(23-10)14(20-1-3-22-4-2-20)19-12(18-13)9-5-15-8-16-6-9;1-3-20-4-2-19(1)13-10-12(16-8-21-10)17-11(18-13)9-5-14-7-15-6-9;1-2/h5-8H,1-4H2;5-8H,1-4H2;1H3/i;;1D. The van der Waals surface area contributed by atoms with Gasteiger partial charge in [0.05, 0.1) is 51.6 Å². The highest BCUT2D eigenvalue weighted by molar-refractivity contribution is 7.20. The fraction of sp³-hybridized carbons (Fsp3) is 0.321. The van der Waals surface area contributed by atoms with Crippen LogP contribution in [-0.4, -0.2) is 116 Å². The van der Waals surface area contributed by atoms with Crippen molar-refractivity contribution < 1.29 is 20.0 Å². The number of thiazole rings is 2. The summed E-state index contributed by atoms with van der Waals surface area (Å²) in [5, 5.41) is 0.394. The van der Waals surface area contributed by atoms with Gasteiger partial charge in [-0.1, -0.05) is 0 Å². The van der Waals surface area contributed by atoms with Crippen molar-refractivity contribution in [1.29, 1.82) is 0 Å². The number of fused-ring (bicyclic) bond motifs is 2. The Hall–Kier alpha value is -4.78. The predicted octanol–water partition coefficient (Wildman–Crippen LogP) is 3.16. The van der Waals surface area contributed by atoms with Crippen molar-refractivity contribution in [3.63, 3.8) is 0 Å². The molecule has 0 saturated carbocycles. The third-order valence-corrected chi connectivity index (χ3v) is 8.57. The largest absolute Gasteiger partial charge is 0.378 e. The highest BCUT2D eigenvalue weighted by atomic mass is 32.1. The maximum Gasteiger partial charge on any atom is 0.178 e. The summed E-state index contributed by atoms with van der Waals surface area (Å²) >= 11 is 2.87. The maximum atomic E-state index is 11.1. The van der Waals surface area contributed by atoms with E-state index in [4.69, 9.17) is 15.8 Å². The van der Waals surface area contributed by atoms with Crippen molar-refractivity contribution in [2.24, 2.45) is 0 Å². The summed E-state index contributed by atoms with van der Waals surface area (Å²) in [5.74, 6) is 2.81. The van der Waals surface area contributed by atoms with Gasteiger partial charge in [0.1, 0.15) is 22.1 Å². The number of morpholine rings is 2. The molecule has 8 heterocycles. The van der Waals surface area contributed by atoms with Gasteiger partial charge in [0.2, 0.25) is 0 Å². The predicted molar refractivity (Wildman–Crippen MR) is 171 cm³/mol. The van der Waals surface area contributed by atoms with Crippen molar-refractivity contribution in [2.75, 3.05) is 69.6 Å². The summed E-state index contributed by atoms with van der Waals surface area (Å²) in [7, 11) is -1.00. The number of hydrogen-bond acceptors (Lipinski definition) is 17. The molecule has 2 aliphatic heterocycles. The summed E-state index contributed by atoms with van der Waals surface area (Å²) in [6.45, 7) is 5.87. The van der Waals surface area contributed by atoms with E-state index in [2.05, 4.69) is 54.7 Å². The van der Waals surface area contributed by atoms with Gasteiger partial charge < -0.3 is 19.3 Å². The van der Waals surface area contributed by atoms with E-state index in [0.29, 0.717) is 54.3 Å². The van der Waals surface area contributed by atoms with Crippen LogP contribution in [0.2, 0.25) is 0 Å². The number of anilines is 2. The lowest BCUT2D eigenvalue weighted by Gasteiger charge is -2.28. The number of aromatic nitrogens is 10. The zero-order chi connectivity index (χ0) is 32.4. The van der Waals surface area contributed by atoms with Gasteiger partial charge in [0.25, 0.3) is 0 Å². The molecule has 6 aromatic heterocycles. The molecule has 0 bridgehead atoms. The molecule has 0 amide bonds. The Morgan fingerprint density at radius 1 is 0.761 bits per heavy atom. The molecule has 15 nitrogen and oxygen atoms in total. The Morgan fingerprint density at radius 2 is 1.26 bits per heavy atom. The molecule has 18 heteroatoms. The first-order valence-electron chi connectivity index (χ1n) is 14.7. The van der Waals surface area contributed by atoms with Crippen molar-refractivity contribution in [3.05, 3.63) is 48.0 Å². The van der Waals surface area contributed by atoms with Gasteiger partial charge in [-0.25, -0.2) is 49.8 Å². The van der Waals surface area contributed by atoms with E-state index in [0.717, 1.165) is 64.7 Å². The number of rotatable bonds is 5. The Morgan fingerprint density at radius 3 is 1.78 bits per heavy atom. The van der Waals surface area contributed by atoms with Crippen molar-refractivity contribution in [2.45, 2.75) is 0 Å². The molecule has 6 aromatic rings. The molecular weight excluding hydrogens is 636 g/mol. The molecule has 0 aromatic carbocycles. The smallest absolute Gasteiger partial charge is 0.178 e. The average Bonchev–Trinajstić information content (AvgIpc) is 3.80. The summed E-state index contributed by atoms with van der Waals surface area (Å²) in [6.07, 6.45) is 10.4. The molecule has 0 N–H and O–H groups in total. The minimum Gasteiger partial charge on any atom is -0.378 e. The molecule has 0 unspecified atom stereocenters. The maximum absolute atomic E-state index is 11.1. The topological polar surface area (TPSA) is 171 Å². The highest BCUT2D eigenvalue weighted by Crippen LogP contribution is 2.32. The number of nitrogens with zero attached hydrogens (tertiary/aromatic N) is 12. The van der Waals surface area contributed by atoms with Crippen molar-refractivity contribution >= 4 is 61.3 Å². The van der Waals surface area contributed by atoms with Gasteiger partial charge in [-0.2, -0.15) is 0 Å². The quantitative estimate of drug-likeness (QED) is 0.246. The second-order valence-corrected chi connectivity index (χ2v) is 11.4. The molecule has 2 fully saturated rings. The lowest BCUT2D eigenvalue weighted by atomic mass is 10.3. The van der Waals surface area contributed by atoms with Crippen LogP contribution in [-0.2, 0) is 9.47 Å². The fourth-order valence-corrected chi connectivity index (χ4v) is 6.27. The lowest BCUT2D eigenvalue weighted by Crippen LogP contribution is -2.36. The van der Waals surface area contributed by atoms with Crippen LogP contribution in [0.15, 0.2) is 43.0 Å². The number of alkyl halides is 1. The molecule has 2 saturated heterocycles. The summed E-state index contributed by atoms with van der Waals surface area (Å²) < 4.78 is 28.1. The molecular formula is C28H27FN12O3S2. The van der Waals surface area contributed by atoms with E-state index in [-0.39, 0.29) is 0 Å². The Bertz CT molecular complexity index is 1910. The third-order valence-electron chi connectivity index (χ3n) is 6.79. The molecule has 0 atom stereocenters. The monoisotopic (exact) mass is 663 g/mol. The molecule has 0 spiro atoms. The van der Waals surface area contributed by atoms with Crippen molar-refractivity contribution in [1.82, 2.24) is 49.8 Å². The SMILES string of the molecule is O=Cc1nc2nc(-c3cncnc3)nc(N3CCOCC3)c2s1.[2H]CF.c1ncc(-c2nc(N3CCOCC3)c3scnc3n2)cn1. The Balaban J connectivity index is 0.000000152. The van der Waals surface area contributed by atoms with Crippen LogP contribution < -0.4 is 9.80 Å². The first-order valence-corrected chi connectivity index (χ1v) is 15.6. The lowest BCUT2D eigenvalue weighted by molar-refractivity contribution is 0.112. The summed E-state index contributed by atoms with van der Waals surface area (Å²) in [6, 6.07) is 0. The zero-order valence-electron chi connectivity index (χ0n) is 25.3. The highest BCUT2D eigenvalue weighted by Gasteiger charge is 2.22. The molecule has 46 heavy (non-hydrogen) atoms. The van der Waals surface area contributed by atoms with Crippen LogP contribution in [0, 0.1) is 0 Å². The van der Waals surface area contributed by atoms with Gasteiger partial charge in [-0.05, 0) is 0 Å². The van der Waals surface area contributed by atoms with E-state index in [1.807, 2.05) is 0 Å². The number of aldehydes is 1. The second-order valence-electron chi connectivity index (χ2n) is 9.52. The van der Waals surface area contributed by atoms with Crippen LogP contribution >= 0.6 is 22.7 Å². The average molecular weight is 664 g/mol. The van der Waals surface area contributed by atoms with Gasteiger partial charge in [0, 0.05) is 51.0 Å². The van der Waals surface area contributed by atoms with E-state index in [9.17, 15) is 9.18 Å². The second kappa shape index (κ2) is 15.0. The first kappa shape index (κ1) is 29.9. The third kappa shape index (κ3) is 6.89. The Kier molecular flexibility index (Phi) is 9.75. The van der Waals surface area contributed by atoms with Crippen LogP contribution in [0.4, 0.5) is 16.0 Å². The van der Waals surface area contributed by atoms with Gasteiger partial charge in [0.15, 0.2) is 45.9 Å². The number of carbonyl (C=O) groups is 1. The molecule has 236 valence electrons. The van der Waals surface area contributed by atoms with E-state index < -0.39 is 7.15 Å². The molecule has 0 radical (unpaired) electrons. The zero-order valence-corrected chi connectivity index (χ0v) is 25.9. The Labute approximate surface area is 271 Å². The van der Waals surface area contributed by atoms with Gasteiger partial charge >= 0.3 is 0 Å². The normalized spacial score (nSPS) is 15.0. The number of halogens is 1. The number of carbonyl (C=O) groups excluding carboxylic acids is 1. The number of hydrogen-bond donors (Lipinski definition) is 0. The van der Waals surface area contributed by atoms with E-state index in [1.54, 1.807) is 41.6 Å². The van der Waals surface area contributed by atoms with Crippen LogP contribution in [0.25, 0.3) is 43.5 Å². The minimum atomic E-state index is -1.00. The van der Waals surface area contributed by atoms with Gasteiger partial charge in [-0.15, -0.1) is 22.7 Å². The van der Waals surface area contributed by atoms with Gasteiger partial charge in [-0.3, -0.25) is 9.18 Å². The molecule has 0 aliphatic carbocycles. The minimum absolute atomic E-state index is 0.394. The number of ether oxygens (including phenoxy) is 2. The van der Waals surface area contributed by atoms with Crippen molar-refractivity contribution in [3.8, 4) is 22.8 Å². The van der Waals surface area contributed by atoms with Crippen LogP contribution in [0.5, 0.6) is 0 Å². The van der Waals surface area contributed by atoms with Crippen LogP contribution in [0.3, 0.4) is 0 Å². The molecule has 2 aliphatic rings. The van der Waals surface area contributed by atoms with E-state index >= 15 is 0 Å². The fourth-order valence-electron chi connectivity index (χ4n) is 4.69. The van der Waals surface area contributed by atoms with E-state index in [1.165, 1.54) is 24.0 Å². The molecule has 8 rings (SSSR count). The van der Waals surface area contributed by atoms with Crippen LogP contribution in [0.1, 0.15) is 11.2 Å². The summed E-state index contributed by atoms with van der Waals surface area (Å²) in [5.41, 5.74) is 4.54.